The first-order valence-corrected chi connectivity index (χ1v) is 7.68. The van der Waals surface area contributed by atoms with Crippen molar-refractivity contribution in [1.82, 2.24) is 0 Å². The van der Waals surface area contributed by atoms with Gasteiger partial charge >= 0.3 is 6.18 Å². The van der Waals surface area contributed by atoms with Crippen LogP contribution in [-0.4, -0.2) is 0 Å². The van der Waals surface area contributed by atoms with Gasteiger partial charge in [0.25, 0.3) is 0 Å². The zero-order valence-corrected chi connectivity index (χ0v) is 12.3. The fraction of sp³-hybridized carbons (Fsp3) is 0.556. The van der Waals surface area contributed by atoms with Gasteiger partial charge < -0.3 is 0 Å². The third-order valence-electron chi connectivity index (χ3n) is 4.18. The standard InChI is InChI=1S/C18H21F3/c1-2-3-14-4-6-15(7-5-14)8-9-16-10-12-17(13-11-16)18(19,20)21/h10-15H,2-7H2,1H3/t14-,15-. The Bertz CT molecular complexity index is 494. The third kappa shape index (κ3) is 4.81. The average molecular weight is 294 g/mol. The number of rotatable bonds is 2. The molecule has 0 radical (unpaired) electrons. The highest BCUT2D eigenvalue weighted by Gasteiger charge is 2.29. The fourth-order valence-electron chi connectivity index (χ4n) is 2.93. The molecule has 1 aliphatic rings. The van der Waals surface area contributed by atoms with Crippen LogP contribution in [0.2, 0.25) is 0 Å². The van der Waals surface area contributed by atoms with Crippen LogP contribution < -0.4 is 0 Å². The predicted octanol–water partition coefficient (Wildman–Crippen LogP) is 5.66. The van der Waals surface area contributed by atoms with Crippen LogP contribution in [0.15, 0.2) is 24.3 Å². The summed E-state index contributed by atoms with van der Waals surface area (Å²) in [6.45, 7) is 2.22. The molecule has 21 heavy (non-hydrogen) atoms. The quantitative estimate of drug-likeness (QED) is 0.617. The Labute approximate surface area is 124 Å². The minimum atomic E-state index is -4.27. The maximum absolute atomic E-state index is 12.5. The molecular formula is C18H21F3. The first-order valence-electron chi connectivity index (χ1n) is 7.68. The lowest BCUT2D eigenvalue weighted by atomic mass is 9.80. The third-order valence-corrected chi connectivity index (χ3v) is 4.18. The van der Waals surface area contributed by atoms with Gasteiger partial charge in [0.05, 0.1) is 5.56 Å². The van der Waals surface area contributed by atoms with Gasteiger partial charge in [0.1, 0.15) is 0 Å². The van der Waals surface area contributed by atoms with E-state index in [1.807, 2.05) is 0 Å². The van der Waals surface area contributed by atoms with Crippen molar-refractivity contribution in [1.29, 1.82) is 0 Å². The minimum absolute atomic E-state index is 0.403. The molecule has 0 heterocycles. The van der Waals surface area contributed by atoms with E-state index in [9.17, 15) is 13.2 Å². The minimum Gasteiger partial charge on any atom is -0.166 e. The second-order valence-corrected chi connectivity index (χ2v) is 5.85. The molecule has 0 spiro atoms. The first kappa shape index (κ1) is 15.9. The highest BCUT2D eigenvalue weighted by Crippen LogP contribution is 2.31. The summed E-state index contributed by atoms with van der Waals surface area (Å²) in [4.78, 5) is 0. The second kappa shape index (κ2) is 7.02. The highest BCUT2D eigenvalue weighted by atomic mass is 19.4. The van der Waals surface area contributed by atoms with Crippen molar-refractivity contribution in [2.24, 2.45) is 11.8 Å². The summed E-state index contributed by atoms with van der Waals surface area (Å²) < 4.78 is 37.4. The molecule has 2 rings (SSSR count). The molecule has 0 aromatic heterocycles. The van der Waals surface area contributed by atoms with Gasteiger partial charge in [-0.05, 0) is 55.9 Å². The Balaban J connectivity index is 1.91. The van der Waals surface area contributed by atoms with Crippen molar-refractivity contribution in [3.8, 4) is 11.8 Å². The number of alkyl halides is 3. The van der Waals surface area contributed by atoms with Gasteiger partial charge in [-0.15, -0.1) is 0 Å². The molecule has 114 valence electrons. The van der Waals surface area contributed by atoms with Crippen molar-refractivity contribution in [3.63, 3.8) is 0 Å². The summed E-state index contributed by atoms with van der Waals surface area (Å²) >= 11 is 0. The van der Waals surface area contributed by atoms with E-state index in [2.05, 4.69) is 18.8 Å². The summed E-state index contributed by atoms with van der Waals surface area (Å²) in [6.07, 6.45) is 2.99. The lowest BCUT2D eigenvalue weighted by molar-refractivity contribution is -0.137. The average Bonchev–Trinajstić information content (AvgIpc) is 2.46. The Morgan fingerprint density at radius 1 is 1.05 bits per heavy atom. The summed E-state index contributed by atoms with van der Waals surface area (Å²) in [5, 5.41) is 0. The van der Waals surface area contributed by atoms with Crippen LogP contribution in [0, 0.1) is 23.7 Å². The zero-order valence-electron chi connectivity index (χ0n) is 12.3. The molecule has 1 fully saturated rings. The maximum atomic E-state index is 12.5. The van der Waals surface area contributed by atoms with Crippen LogP contribution in [0.25, 0.3) is 0 Å². The van der Waals surface area contributed by atoms with Gasteiger partial charge in [0.2, 0.25) is 0 Å². The summed E-state index contributed by atoms with van der Waals surface area (Å²) in [6, 6.07) is 5.11. The van der Waals surface area contributed by atoms with E-state index < -0.39 is 11.7 Å². The van der Waals surface area contributed by atoms with E-state index in [-0.39, 0.29) is 0 Å². The SMILES string of the molecule is CCC[C@H]1CC[C@H](C#Cc2ccc(C(F)(F)F)cc2)CC1. The number of hydrogen-bond acceptors (Lipinski definition) is 0. The van der Waals surface area contributed by atoms with E-state index >= 15 is 0 Å². The van der Waals surface area contributed by atoms with Crippen LogP contribution in [-0.2, 0) is 6.18 Å². The molecule has 0 unspecified atom stereocenters. The molecule has 0 aliphatic heterocycles. The van der Waals surface area contributed by atoms with Crippen molar-refractivity contribution < 1.29 is 13.2 Å². The van der Waals surface area contributed by atoms with Gasteiger partial charge in [-0.1, -0.05) is 31.6 Å². The molecule has 0 saturated heterocycles. The molecule has 0 N–H and O–H groups in total. The maximum Gasteiger partial charge on any atom is 0.416 e. The largest absolute Gasteiger partial charge is 0.416 e. The lowest BCUT2D eigenvalue weighted by Gasteiger charge is -2.25. The summed E-state index contributed by atoms with van der Waals surface area (Å²) in [7, 11) is 0. The molecule has 0 atom stereocenters. The van der Waals surface area contributed by atoms with Gasteiger partial charge in [-0.2, -0.15) is 13.2 Å². The van der Waals surface area contributed by atoms with Crippen LogP contribution in [0.4, 0.5) is 13.2 Å². The zero-order chi connectivity index (χ0) is 15.3. The summed E-state index contributed by atoms with van der Waals surface area (Å²) in [5.74, 6) is 7.50. The van der Waals surface area contributed by atoms with E-state index in [1.54, 1.807) is 0 Å². The fourth-order valence-corrected chi connectivity index (χ4v) is 2.93. The Morgan fingerprint density at radius 3 is 2.19 bits per heavy atom. The second-order valence-electron chi connectivity index (χ2n) is 5.85. The van der Waals surface area contributed by atoms with Crippen LogP contribution in [0.1, 0.15) is 56.6 Å². The topological polar surface area (TPSA) is 0 Å². The van der Waals surface area contributed by atoms with Crippen molar-refractivity contribution in [2.75, 3.05) is 0 Å². The molecule has 1 aliphatic carbocycles. The molecule has 0 bridgehead atoms. The number of benzene rings is 1. The van der Waals surface area contributed by atoms with Crippen molar-refractivity contribution >= 4 is 0 Å². The smallest absolute Gasteiger partial charge is 0.166 e. The first-order chi connectivity index (χ1) is 9.99. The van der Waals surface area contributed by atoms with E-state index in [0.717, 1.165) is 30.9 Å². The van der Waals surface area contributed by atoms with E-state index in [4.69, 9.17) is 0 Å². The predicted molar refractivity (Wildman–Crippen MR) is 78.7 cm³/mol. The Morgan fingerprint density at radius 2 is 1.67 bits per heavy atom. The van der Waals surface area contributed by atoms with Crippen LogP contribution in [0.5, 0.6) is 0 Å². The molecule has 3 heteroatoms. The van der Waals surface area contributed by atoms with E-state index in [0.29, 0.717) is 11.5 Å². The van der Waals surface area contributed by atoms with Crippen LogP contribution in [0.3, 0.4) is 0 Å². The molecular weight excluding hydrogens is 273 g/mol. The molecule has 1 aromatic carbocycles. The van der Waals surface area contributed by atoms with Gasteiger partial charge in [0.15, 0.2) is 0 Å². The van der Waals surface area contributed by atoms with Crippen molar-refractivity contribution in [2.45, 2.75) is 51.6 Å². The highest BCUT2D eigenvalue weighted by molar-refractivity contribution is 5.37. The van der Waals surface area contributed by atoms with Gasteiger partial charge in [-0.25, -0.2) is 0 Å². The normalized spacial score (nSPS) is 22.5. The van der Waals surface area contributed by atoms with Gasteiger partial charge in [-0.3, -0.25) is 0 Å². The lowest BCUT2D eigenvalue weighted by Crippen LogP contribution is -2.13. The molecule has 1 aromatic rings. The Kier molecular flexibility index (Phi) is 5.33. The van der Waals surface area contributed by atoms with Crippen molar-refractivity contribution in [3.05, 3.63) is 35.4 Å². The Hall–Kier alpha value is -1.43. The van der Waals surface area contributed by atoms with E-state index in [1.165, 1.54) is 37.8 Å². The number of halogens is 3. The molecule has 0 nitrogen and oxygen atoms in total. The van der Waals surface area contributed by atoms with Crippen LogP contribution >= 0.6 is 0 Å². The van der Waals surface area contributed by atoms with Gasteiger partial charge in [0, 0.05) is 11.5 Å². The molecule has 0 amide bonds. The monoisotopic (exact) mass is 294 g/mol. The molecule has 1 saturated carbocycles. The number of hydrogen-bond donors (Lipinski definition) is 0. The summed E-state index contributed by atoms with van der Waals surface area (Å²) in [5.41, 5.74) is 0.0480.